The van der Waals surface area contributed by atoms with Gasteiger partial charge in [0, 0.05) is 42.8 Å². The Hall–Kier alpha value is -4.03. The van der Waals surface area contributed by atoms with Gasteiger partial charge in [-0.25, -0.2) is 4.98 Å². The molecular weight excluding hydrogens is 554 g/mol. The van der Waals surface area contributed by atoms with E-state index in [4.69, 9.17) is 4.98 Å². The minimum absolute atomic E-state index is 0.0824. The SMILES string of the molecule is Cc1ccnc2c(C(=O)N3CCC(CCN4C5CCC4CC(n4c(C)nc6ccccc64)C5)(c4ccccc4)CC3)cccc12. The van der Waals surface area contributed by atoms with Gasteiger partial charge in [-0.15, -0.1) is 0 Å². The van der Waals surface area contributed by atoms with Crippen LogP contribution in [0.15, 0.2) is 85.1 Å². The van der Waals surface area contributed by atoms with Crippen LogP contribution in [0.2, 0.25) is 0 Å². The standard InChI is InChI=1S/C39H43N5O/c1-27-17-21-40-37-33(27)11-8-12-34(37)38(45)42-22-18-39(19-23-42,29-9-4-3-5-10-29)20-24-43-30-15-16-31(43)26-32(25-30)44-28(2)41-35-13-6-7-14-36(35)44/h3-14,17,21,30-32H,15-16,18-20,22-26H2,1-2H3. The number of likely N-dealkylation sites (tertiary alicyclic amines) is 1. The number of aryl methyl sites for hydroxylation is 2. The van der Waals surface area contributed by atoms with E-state index in [2.05, 4.69) is 93.9 Å². The van der Waals surface area contributed by atoms with E-state index in [0.29, 0.717) is 18.1 Å². The van der Waals surface area contributed by atoms with E-state index in [0.717, 1.165) is 72.3 Å². The van der Waals surface area contributed by atoms with E-state index in [1.807, 2.05) is 24.4 Å². The molecule has 3 aromatic carbocycles. The molecule has 6 heteroatoms. The van der Waals surface area contributed by atoms with Crippen LogP contribution in [-0.2, 0) is 5.41 Å². The molecule has 0 aliphatic carbocycles. The van der Waals surface area contributed by atoms with Crippen LogP contribution in [0, 0.1) is 13.8 Å². The lowest BCUT2D eigenvalue weighted by molar-refractivity contribution is 0.0608. The molecule has 2 atom stereocenters. The molecule has 45 heavy (non-hydrogen) atoms. The second-order valence-corrected chi connectivity index (χ2v) is 13.8. The molecule has 2 bridgehead atoms. The summed E-state index contributed by atoms with van der Waals surface area (Å²) in [4.78, 5) is 28.3. The molecule has 2 aromatic heterocycles. The van der Waals surface area contributed by atoms with Crippen LogP contribution in [0.1, 0.15) is 78.3 Å². The van der Waals surface area contributed by atoms with E-state index < -0.39 is 0 Å². The molecule has 6 nitrogen and oxygen atoms in total. The molecule has 0 saturated carbocycles. The van der Waals surface area contributed by atoms with Crippen LogP contribution in [-0.4, -0.2) is 62.0 Å². The number of para-hydroxylation sites is 3. The van der Waals surface area contributed by atoms with E-state index >= 15 is 0 Å². The van der Waals surface area contributed by atoms with Gasteiger partial charge in [0.1, 0.15) is 5.82 Å². The number of nitrogens with zero attached hydrogens (tertiary/aromatic N) is 5. The van der Waals surface area contributed by atoms with Crippen LogP contribution < -0.4 is 0 Å². The number of carbonyl (C=O) groups excluding carboxylic acids is 1. The number of amides is 1. The van der Waals surface area contributed by atoms with Gasteiger partial charge in [-0.05, 0) is 106 Å². The lowest BCUT2D eigenvalue weighted by atomic mass is 9.70. The van der Waals surface area contributed by atoms with E-state index in [-0.39, 0.29) is 11.3 Å². The molecule has 2 unspecified atom stereocenters. The Kier molecular flexibility index (Phi) is 7.21. The van der Waals surface area contributed by atoms with Crippen LogP contribution >= 0.6 is 0 Å². The Morgan fingerprint density at radius 2 is 1.58 bits per heavy atom. The third kappa shape index (κ3) is 4.94. The zero-order valence-electron chi connectivity index (χ0n) is 26.5. The number of fused-ring (bicyclic) bond motifs is 4. The molecule has 3 fully saturated rings. The van der Waals surface area contributed by atoms with Crippen molar-refractivity contribution in [2.75, 3.05) is 19.6 Å². The predicted octanol–water partition coefficient (Wildman–Crippen LogP) is 7.63. The van der Waals surface area contributed by atoms with Crippen molar-refractivity contribution in [3.05, 3.63) is 108 Å². The smallest absolute Gasteiger partial charge is 0.256 e. The Morgan fingerprint density at radius 3 is 2.36 bits per heavy atom. The number of rotatable bonds is 6. The molecule has 0 N–H and O–H groups in total. The minimum atomic E-state index is 0.0824. The highest BCUT2D eigenvalue weighted by atomic mass is 16.2. The Balaban J connectivity index is 0.993. The molecule has 3 aliphatic heterocycles. The van der Waals surface area contributed by atoms with Gasteiger partial charge in [-0.1, -0.05) is 54.6 Å². The van der Waals surface area contributed by atoms with Crippen LogP contribution in [0.4, 0.5) is 0 Å². The van der Waals surface area contributed by atoms with Crippen molar-refractivity contribution in [1.82, 2.24) is 24.3 Å². The largest absolute Gasteiger partial charge is 0.339 e. The molecular formula is C39H43N5O. The highest BCUT2D eigenvalue weighted by Gasteiger charge is 2.44. The maximum absolute atomic E-state index is 13.9. The topological polar surface area (TPSA) is 54.3 Å². The third-order valence-corrected chi connectivity index (χ3v) is 11.5. The summed E-state index contributed by atoms with van der Waals surface area (Å²) in [7, 11) is 0. The second kappa shape index (κ2) is 11.4. The monoisotopic (exact) mass is 597 g/mol. The first-order chi connectivity index (χ1) is 22.0. The molecule has 230 valence electrons. The number of aromatic nitrogens is 3. The molecule has 0 radical (unpaired) electrons. The summed E-state index contributed by atoms with van der Waals surface area (Å²) in [6.07, 6.45) is 9.95. The normalized spacial score (nSPS) is 23.2. The molecule has 3 aliphatic rings. The lowest BCUT2D eigenvalue weighted by Gasteiger charge is -2.45. The Labute approximate surface area is 266 Å². The maximum atomic E-state index is 13.9. The number of carbonyl (C=O) groups is 1. The van der Waals surface area contributed by atoms with Crippen molar-refractivity contribution < 1.29 is 4.79 Å². The molecule has 5 aromatic rings. The number of hydrogen-bond donors (Lipinski definition) is 0. The highest BCUT2D eigenvalue weighted by Crippen LogP contribution is 2.45. The summed E-state index contributed by atoms with van der Waals surface area (Å²) in [5.41, 5.74) is 6.62. The molecule has 0 spiro atoms. The van der Waals surface area contributed by atoms with Gasteiger partial charge in [0.25, 0.3) is 5.91 Å². The van der Waals surface area contributed by atoms with Gasteiger partial charge in [0.2, 0.25) is 0 Å². The van der Waals surface area contributed by atoms with Gasteiger partial charge in [-0.2, -0.15) is 0 Å². The summed E-state index contributed by atoms with van der Waals surface area (Å²) in [6, 6.07) is 29.6. The Morgan fingerprint density at radius 1 is 0.844 bits per heavy atom. The van der Waals surface area contributed by atoms with Crippen molar-refractivity contribution in [2.45, 2.75) is 82.3 Å². The maximum Gasteiger partial charge on any atom is 0.256 e. The van der Waals surface area contributed by atoms with Crippen LogP contribution in [0.3, 0.4) is 0 Å². The number of benzene rings is 3. The fraction of sp³-hybridized carbons (Fsp3) is 0.410. The summed E-state index contributed by atoms with van der Waals surface area (Å²) in [5.74, 6) is 1.26. The van der Waals surface area contributed by atoms with Gasteiger partial charge in [0.05, 0.1) is 22.1 Å². The first kappa shape index (κ1) is 28.4. The zero-order chi connectivity index (χ0) is 30.5. The lowest BCUT2D eigenvalue weighted by Crippen LogP contribution is -2.49. The summed E-state index contributed by atoms with van der Waals surface area (Å²) in [6.45, 7) is 6.94. The molecule has 1 amide bonds. The van der Waals surface area contributed by atoms with Gasteiger partial charge < -0.3 is 9.47 Å². The summed E-state index contributed by atoms with van der Waals surface area (Å²) >= 11 is 0. The van der Waals surface area contributed by atoms with Crippen molar-refractivity contribution in [3.63, 3.8) is 0 Å². The summed E-state index contributed by atoms with van der Waals surface area (Å²) < 4.78 is 2.53. The number of imidazole rings is 1. The summed E-state index contributed by atoms with van der Waals surface area (Å²) in [5, 5.41) is 1.06. The van der Waals surface area contributed by atoms with Crippen molar-refractivity contribution in [1.29, 1.82) is 0 Å². The van der Waals surface area contributed by atoms with E-state index in [1.54, 1.807) is 0 Å². The van der Waals surface area contributed by atoms with E-state index in [9.17, 15) is 4.79 Å². The first-order valence-corrected chi connectivity index (χ1v) is 16.9. The van der Waals surface area contributed by atoms with Crippen molar-refractivity contribution >= 4 is 27.8 Å². The average molecular weight is 598 g/mol. The van der Waals surface area contributed by atoms with E-state index in [1.165, 1.54) is 36.8 Å². The molecule has 5 heterocycles. The number of piperidine rings is 2. The minimum Gasteiger partial charge on any atom is -0.339 e. The van der Waals surface area contributed by atoms with Gasteiger partial charge in [-0.3, -0.25) is 14.7 Å². The molecule has 8 rings (SSSR count). The van der Waals surface area contributed by atoms with Crippen LogP contribution in [0.5, 0.6) is 0 Å². The quantitative estimate of drug-likeness (QED) is 0.202. The number of pyridine rings is 1. The van der Waals surface area contributed by atoms with Gasteiger partial charge >= 0.3 is 0 Å². The zero-order valence-corrected chi connectivity index (χ0v) is 26.5. The predicted molar refractivity (Wildman–Crippen MR) is 181 cm³/mol. The van der Waals surface area contributed by atoms with Crippen molar-refractivity contribution in [3.8, 4) is 0 Å². The second-order valence-electron chi connectivity index (χ2n) is 13.8. The Bertz CT molecular complexity index is 1840. The number of hydrogen-bond acceptors (Lipinski definition) is 4. The highest BCUT2D eigenvalue weighted by molar-refractivity contribution is 6.06. The fourth-order valence-corrected chi connectivity index (χ4v) is 9.06. The fourth-order valence-electron chi connectivity index (χ4n) is 9.06. The first-order valence-electron chi connectivity index (χ1n) is 16.9. The third-order valence-electron chi connectivity index (χ3n) is 11.5. The van der Waals surface area contributed by atoms with Gasteiger partial charge in [0.15, 0.2) is 0 Å². The van der Waals surface area contributed by atoms with Crippen LogP contribution in [0.25, 0.3) is 21.9 Å². The van der Waals surface area contributed by atoms with Crippen molar-refractivity contribution in [2.24, 2.45) is 0 Å². The molecule has 3 saturated heterocycles. The average Bonchev–Trinajstić information content (AvgIpc) is 3.54.